The summed E-state index contributed by atoms with van der Waals surface area (Å²) in [5, 5.41) is 8.74. The van der Waals surface area contributed by atoms with Gasteiger partial charge >= 0.3 is 0 Å². The van der Waals surface area contributed by atoms with E-state index in [4.69, 9.17) is 76.7 Å². The molecule has 16 nitrogen and oxygen atoms in total. The summed E-state index contributed by atoms with van der Waals surface area (Å²) in [5.41, 5.74) is 9.74. The van der Waals surface area contributed by atoms with Gasteiger partial charge in [0.15, 0.2) is 5.69 Å². The van der Waals surface area contributed by atoms with Crippen molar-refractivity contribution in [3.8, 4) is 39.6 Å². The Labute approximate surface area is 378 Å². The number of fused-ring (bicyclic) bond motifs is 3. The van der Waals surface area contributed by atoms with E-state index in [0.29, 0.717) is 149 Å². The SMILES string of the molecule is COc1cc2c(cc1-c1cccc(NC(=O)CCOCCOCCOCCOCCOCCOCCN)c1)-c1c(c(C(=O)N3CCOCC3(C)C)nn1-c1cc(Cl)cc(Cl)c1)CO2. The van der Waals surface area contributed by atoms with Crippen LogP contribution in [0.4, 0.5) is 5.69 Å². The number of aromatic nitrogens is 2. The van der Waals surface area contributed by atoms with E-state index in [9.17, 15) is 9.59 Å². The molecular formula is C45H57Cl2N5O11. The number of halogens is 2. The number of nitrogens with zero attached hydrogens (tertiary/aromatic N) is 3. The van der Waals surface area contributed by atoms with E-state index < -0.39 is 5.54 Å². The van der Waals surface area contributed by atoms with Crippen LogP contribution in [-0.4, -0.2) is 145 Å². The number of methoxy groups -OCH3 is 1. The van der Waals surface area contributed by atoms with Gasteiger partial charge in [0.25, 0.3) is 5.91 Å². The Morgan fingerprint density at radius 3 is 2.03 bits per heavy atom. The Morgan fingerprint density at radius 2 is 1.43 bits per heavy atom. The zero-order chi connectivity index (χ0) is 44.6. The van der Waals surface area contributed by atoms with Crippen LogP contribution in [0.15, 0.2) is 54.6 Å². The molecule has 6 rings (SSSR count). The third-order valence-corrected chi connectivity index (χ3v) is 10.6. The molecule has 4 aromatic rings. The molecule has 0 atom stereocenters. The van der Waals surface area contributed by atoms with Gasteiger partial charge in [-0.3, -0.25) is 9.59 Å². The number of carbonyl (C=O) groups is 2. The van der Waals surface area contributed by atoms with Gasteiger partial charge in [-0.2, -0.15) is 5.10 Å². The van der Waals surface area contributed by atoms with E-state index in [2.05, 4.69) is 5.32 Å². The maximum absolute atomic E-state index is 14.3. The normalized spacial score (nSPS) is 14.2. The quantitative estimate of drug-likeness (QED) is 0.0736. The van der Waals surface area contributed by atoms with Crippen LogP contribution >= 0.6 is 23.2 Å². The van der Waals surface area contributed by atoms with Gasteiger partial charge in [0.2, 0.25) is 5.91 Å². The predicted octanol–water partition coefficient (Wildman–Crippen LogP) is 6.05. The fourth-order valence-corrected chi connectivity index (χ4v) is 7.61. The third-order valence-electron chi connectivity index (χ3n) is 10.2. The molecule has 342 valence electrons. The molecule has 0 aliphatic carbocycles. The second-order valence-corrected chi connectivity index (χ2v) is 16.1. The van der Waals surface area contributed by atoms with Crippen LogP contribution in [0.5, 0.6) is 11.5 Å². The van der Waals surface area contributed by atoms with Crippen molar-refractivity contribution in [3.63, 3.8) is 0 Å². The molecule has 3 aromatic carbocycles. The zero-order valence-electron chi connectivity index (χ0n) is 36.1. The first-order chi connectivity index (χ1) is 30.6. The lowest BCUT2D eigenvalue weighted by atomic mass is 9.95. The van der Waals surface area contributed by atoms with Gasteiger partial charge in [0.1, 0.15) is 18.1 Å². The zero-order valence-corrected chi connectivity index (χ0v) is 37.6. The molecule has 0 saturated carbocycles. The maximum Gasteiger partial charge on any atom is 0.275 e. The summed E-state index contributed by atoms with van der Waals surface area (Å²) < 4.78 is 52.4. The number of anilines is 1. The average molecular weight is 915 g/mol. The number of nitrogens with one attached hydrogen (secondary N) is 1. The van der Waals surface area contributed by atoms with Crippen molar-refractivity contribution in [1.29, 1.82) is 0 Å². The lowest BCUT2D eigenvalue weighted by Crippen LogP contribution is -2.55. The Hall–Kier alpha value is -4.33. The summed E-state index contributed by atoms with van der Waals surface area (Å²) in [6.07, 6.45) is 0.156. The standard InChI is InChI=1S/C45H57Cl2N5O11/c1-45(2)30-62-12-9-51(45)44(54)42-38-29-63-40-28-39(55-3)36(27-37(40)43(38)52(50-42)35-25-32(46)24-33(47)26-35)31-5-4-6-34(23-31)49-41(53)7-10-56-13-15-58-17-19-60-21-22-61-20-18-59-16-14-57-11-8-48/h4-6,23-28H,7-22,29-30,48H2,1-3H3,(H,49,53). The van der Waals surface area contributed by atoms with Crippen LogP contribution in [0, 0.1) is 0 Å². The van der Waals surface area contributed by atoms with Gasteiger partial charge in [-0.15, -0.1) is 0 Å². The summed E-state index contributed by atoms with van der Waals surface area (Å²) in [6, 6.07) is 16.4. The fraction of sp³-hybridized carbons (Fsp3) is 0.489. The van der Waals surface area contributed by atoms with Crippen molar-refractivity contribution < 1.29 is 52.2 Å². The number of carbonyl (C=O) groups excluding carboxylic acids is 2. The number of nitrogens with two attached hydrogens (primary N) is 1. The number of morpholine rings is 1. The largest absolute Gasteiger partial charge is 0.496 e. The molecule has 3 N–H and O–H groups in total. The lowest BCUT2D eigenvalue weighted by Gasteiger charge is -2.41. The number of amides is 2. The van der Waals surface area contributed by atoms with E-state index in [1.807, 2.05) is 50.2 Å². The molecule has 1 saturated heterocycles. The third kappa shape index (κ3) is 13.4. The topological polar surface area (TPSA) is 176 Å². The minimum atomic E-state index is -0.548. The van der Waals surface area contributed by atoms with E-state index in [1.54, 1.807) is 34.9 Å². The highest BCUT2D eigenvalue weighted by Gasteiger charge is 2.39. The first-order valence-electron chi connectivity index (χ1n) is 21.0. The minimum Gasteiger partial charge on any atom is -0.496 e. The molecule has 0 unspecified atom stereocenters. The summed E-state index contributed by atoms with van der Waals surface area (Å²) in [6.45, 7) is 11.1. The Bertz CT molecular complexity index is 2110. The smallest absolute Gasteiger partial charge is 0.275 e. The molecule has 0 bridgehead atoms. The molecule has 2 aliphatic rings. The van der Waals surface area contributed by atoms with Gasteiger partial charge in [-0.25, -0.2) is 4.68 Å². The highest BCUT2D eigenvalue weighted by molar-refractivity contribution is 6.34. The van der Waals surface area contributed by atoms with Gasteiger partial charge < -0.3 is 58.6 Å². The molecule has 18 heteroatoms. The van der Waals surface area contributed by atoms with E-state index >= 15 is 0 Å². The monoisotopic (exact) mass is 913 g/mol. The van der Waals surface area contributed by atoms with Crippen molar-refractivity contribution >= 4 is 40.7 Å². The molecular weight excluding hydrogens is 857 g/mol. The van der Waals surface area contributed by atoms with Gasteiger partial charge in [-0.1, -0.05) is 35.3 Å². The second kappa shape index (κ2) is 24.1. The summed E-state index contributed by atoms with van der Waals surface area (Å²) in [4.78, 5) is 29.1. The van der Waals surface area contributed by atoms with Gasteiger partial charge in [0, 0.05) is 51.6 Å². The molecule has 63 heavy (non-hydrogen) atoms. The molecule has 0 spiro atoms. The van der Waals surface area contributed by atoms with Crippen LogP contribution in [0.1, 0.15) is 36.3 Å². The van der Waals surface area contributed by atoms with Crippen LogP contribution in [-0.2, 0) is 44.6 Å². The first-order valence-corrected chi connectivity index (χ1v) is 21.8. The molecule has 2 amide bonds. The Balaban J connectivity index is 1.03. The van der Waals surface area contributed by atoms with Crippen molar-refractivity contribution in [2.24, 2.45) is 5.73 Å². The summed E-state index contributed by atoms with van der Waals surface area (Å²) in [7, 11) is 1.59. The molecule has 3 heterocycles. The molecule has 2 aliphatic heterocycles. The Kier molecular flexibility index (Phi) is 18.4. The number of ether oxygens (including phenoxy) is 9. The maximum atomic E-state index is 14.3. The lowest BCUT2D eigenvalue weighted by molar-refractivity contribution is -0.117. The molecule has 0 radical (unpaired) electrons. The number of hydrogen-bond acceptors (Lipinski definition) is 13. The van der Waals surface area contributed by atoms with E-state index in [1.165, 1.54) is 0 Å². The predicted molar refractivity (Wildman–Crippen MR) is 238 cm³/mol. The van der Waals surface area contributed by atoms with Crippen LogP contribution < -0.4 is 20.5 Å². The van der Waals surface area contributed by atoms with Crippen molar-refractivity contribution in [2.45, 2.75) is 32.4 Å². The first kappa shape index (κ1) is 48.1. The fourth-order valence-electron chi connectivity index (χ4n) is 7.09. The average Bonchev–Trinajstić information content (AvgIpc) is 3.66. The van der Waals surface area contributed by atoms with Crippen LogP contribution in [0.25, 0.3) is 28.1 Å². The highest BCUT2D eigenvalue weighted by atomic mass is 35.5. The Morgan fingerprint density at radius 1 is 0.810 bits per heavy atom. The second-order valence-electron chi connectivity index (χ2n) is 15.2. The number of benzene rings is 3. The minimum absolute atomic E-state index is 0.0978. The van der Waals surface area contributed by atoms with E-state index in [-0.39, 0.29) is 37.1 Å². The van der Waals surface area contributed by atoms with Crippen molar-refractivity contribution in [2.75, 3.05) is 118 Å². The van der Waals surface area contributed by atoms with Gasteiger partial charge in [-0.05, 0) is 55.8 Å². The number of hydrogen-bond donors (Lipinski definition) is 2. The summed E-state index contributed by atoms with van der Waals surface area (Å²) in [5.74, 6) is 0.672. The highest BCUT2D eigenvalue weighted by Crippen LogP contribution is 2.47. The molecule has 1 aromatic heterocycles. The van der Waals surface area contributed by atoms with E-state index in [0.717, 1.165) is 11.1 Å². The van der Waals surface area contributed by atoms with Crippen LogP contribution in [0.3, 0.4) is 0 Å². The van der Waals surface area contributed by atoms with Gasteiger partial charge in [0.05, 0.1) is 123 Å². The van der Waals surface area contributed by atoms with Crippen molar-refractivity contribution in [1.82, 2.24) is 14.7 Å². The van der Waals surface area contributed by atoms with Crippen LogP contribution in [0.2, 0.25) is 10.0 Å². The summed E-state index contributed by atoms with van der Waals surface area (Å²) >= 11 is 13.0. The number of rotatable bonds is 25. The van der Waals surface area contributed by atoms with Crippen molar-refractivity contribution in [3.05, 3.63) is 75.9 Å². The molecule has 1 fully saturated rings.